The van der Waals surface area contributed by atoms with E-state index in [1.54, 1.807) is 19.1 Å². The first-order chi connectivity index (χ1) is 12.9. The van der Waals surface area contributed by atoms with Gasteiger partial charge >= 0.3 is 5.97 Å². The van der Waals surface area contributed by atoms with E-state index in [2.05, 4.69) is 10.3 Å². The van der Waals surface area contributed by atoms with E-state index in [1.807, 2.05) is 44.2 Å². The number of thiazole rings is 1. The maximum atomic E-state index is 12.1. The number of hydrogen-bond acceptors (Lipinski definition) is 6. The molecule has 0 bridgehead atoms. The number of hydrogen-bond donors (Lipinski definition) is 1. The maximum Gasteiger partial charge on any atom is 0.347 e. The van der Waals surface area contributed by atoms with Crippen LogP contribution in [0.5, 0.6) is 5.75 Å². The van der Waals surface area contributed by atoms with Crippen molar-refractivity contribution in [2.24, 2.45) is 0 Å². The van der Waals surface area contributed by atoms with Crippen LogP contribution in [0.2, 0.25) is 0 Å². The second-order valence-electron chi connectivity index (χ2n) is 6.18. The minimum Gasteiger partial charge on any atom is -0.479 e. The Kier molecular flexibility index (Phi) is 5.71. The van der Waals surface area contributed by atoms with E-state index in [9.17, 15) is 9.59 Å². The monoisotopic (exact) mass is 384 g/mol. The van der Waals surface area contributed by atoms with Crippen LogP contribution in [0.4, 0.5) is 5.13 Å². The van der Waals surface area contributed by atoms with Crippen molar-refractivity contribution >= 4 is 38.6 Å². The van der Waals surface area contributed by atoms with Gasteiger partial charge in [-0.2, -0.15) is 0 Å². The highest BCUT2D eigenvalue weighted by Crippen LogP contribution is 2.29. The lowest BCUT2D eigenvalue weighted by Crippen LogP contribution is -2.29. The van der Waals surface area contributed by atoms with Gasteiger partial charge in [-0.25, -0.2) is 9.78 Å². The lowest BCUT2D eigenvalue weighted by molar-refractivity contribution is -0.153. The smallest absolute Gasteiger partial charge is 0.347 e. The highest BCUT2D eigenvalue weighted by atomic mass is 32.1. The van der Waals surface area contributed by atoms with Gasteiger partial charge in [0.25, 0.3) is 5.91 Å². The molecular weight excluding hydrogens is 364 g/mol. The molecule has 1 N–H and O–H groups in total. The molecule has 2 aromatic carbocycles. The third-order valence-corrected chi connectivity index (χ3v) is 4.73. The number of carbonyl (C=O) groups is 2. The Balaban J connectivity index is 1.53. The third kappa shape index (κ3) is 4.83. The highest BCUT2D eigenvalue weighted by molar-refractivity contribution is 7.22. The Labute approximate surface area is 161 Å². The first-order valence-electron chi connectivity index (χ1n) is 8.48. The molecular formula is C20H20N2O4S. The fourth-order valence-electron chi connectivity index (χ4n) is 2.58. The standard InChI is InChI=1S/C20H20N2O4S/c1-12-9-13(2)18-16(10-12)27-20(22-18)21-17(23)11-25-19(24)14(3)26-15-7-5-4-6-8-15/h4-10,14H,11H2,1-3H3,(H,21,22,23). The van der Waals surface area contributed by atoms with E-state index >= 15 is 0 Å². The van der Waals surface area contributed by atoms with Crippen LogP contribution < -0.4 is 10.1 Å². The number of anilines is 1. The molecule has 0 aliphatic carbocycles. The Morgan fingerprint density at radius 1 is 1.19 bits per heavy atom. The molecule has 6 nitrogen and oxygen atoms in total. The number of rotatable bonds is 6. The molecule has 1 amide bonds. The fourth-order valence-corrected chi connectivity index (χ4v) is 3.64. The summed E-state index contributed by atoms with van der Waals surface area (Å²) in [5, 5.41) is 3.15. The van der Waals surface area contributed by atoms with E-state index in [0.717, 1.165) is 21.3 Å². The largest absolute Gasteiger partial charge is 0.479 e. The second-order valence-corrected chi connectivity index (χ2v) is 7.21. The zero-order valence-electron chi connectivity index (χ0n) is 15.3. The van der Waals surface area contributed by atoms with Crippen molar-refractivity contribution in [2.45, 2.75) is 26.9 Å². The van der Waals surface area contributed by atoms with Crippen LogP contribution in [0.15, 0.2) is 42.5 Å². The van der Waals surface area contributed by atoms with E-state index in [-0.39, 0.29) is 0 Å². The van der Waals surface area contributed by atoms with Crippen LogP contribution in [0.1, 0.15) is 18.1 Å². The molecule has 1 heterocycles. The summed E-state index contributed by atoms with van der Waals surface area (Å²) in [6.45, 7) is 5.18. The highest BCUT2D eigenvalue weighted by Gasteiger charge is 2.18. The molecule has 0 spiro atoms. The molecule has 0 aliphatic heterocycles. The third-order valence-electron chi connectivity index (χ3n) is 3.81. The number of fused-ring (bicyclic) bond motifs is 1. The Bertz CT molecular complexity index is 969. The fraction of sp³-hybridized carbons (Fsp3) is 0.250. The van der Waals surface area contributed by atoms with Crippen molar-refractivity contribution in [1.82, 2.24) is 4.98 Å². The SMILES string of the molecule is Cc1cc(C)c2nc(NC(=O)COC(=O)C(C)Oc3ccccc3)sc2c1. The normalized spacial score (nSPS) is 11.8. The number of esters is 1. The van der Waals surface area contributed by atoms with Crippen molar-refractivity contribution in [3.8, 4) is 5.75 Å². The van der Waals surface area contributed by atoms with Crippen LogP contribution in [0, 0.1) is 13.8 Å². The molecule has 1 atom stereocenters. The molecule has 3 aromatic rings. The Morgan fingerprint density at radius 3 is 2.67 bits per heavy atom. The molecule has 3 rings (SSSR count). The average Bonchev–Trinajstić information content (AvgIpc) is 3.03. The summed E-state index contributed by atoms with van der Waals surface area (Å²) in [4.78, 5) is 28.5. The number of carbonyl (C=O) groups excluding carboxylic acids is 2. The summed E-state index contributed by atoms with van der Waals surface area (Å²) in [6.07, 6.45) is -0.812. The van der Waals surface area contributed by atoms with Crippen LogP contribution >= 0.6 is 11.3 Å². The molecule has 27 heavy (non-hydrogen) atoms. The van der Waals surface area contributed by atoms with E-state index < -0.39 is 24.6 Å². The molecule has 1 unspecified atom stereocenters. The summed E-state index contributed by atoms with van der Waals surface area (Å²) in [6, 6.07) is 13.0. The predicted octanol–water partition coefficient (Wildman–Crippen LogP) is 3.86. The molecule has 0 radical (unpaired) electrons. The van der Waals surface area contributed by atoms with Crippen LogP contribution in [0.25, 0.3) is 10.2 Å². The number of ether oxygens (including phenoxy) is 2. The number of para-hydroxylation sites is 1. The van der Waals surface area contributed by atoms with Gasteiger partial charge in [-0.3, -0.25) is 10.1 Å². The summed E-state index contributed by atoms with van der Waals surface area (Å²) >= 11 is 1.39. The molecule has 0 saturated heterocycles. The number of aryl methyl sites for hydroxylation is 2. The summed E-state index contributed by atoms with van der Waals surface area (Å²) < 4.78 is 11.5. The Hall–Kier alpha value is -2.93. The minimum absolute atomic E-state index is 0.394. The Morgan fingerprint density at radius 2 is 1.93 bits per heavy atom. The van der Waals surface area contributed by atoms with Crippen LogP contribution in [-0.4, -0.2) is 29.6 Å². The van der Waals surface area contributed by atoms with Gasteiger partial charge in [0.05, 0.1) is 10.2 Å². The molecule has 0 aliphatic rings. The first kappa shape index (κ1) is 18.8. The van der Waals surface area contributed by atoms with E-state index in [0.29, 0.717) is 10.9 Å². The lowest BCUT2D eigenvalue weighted by Gasteiger charge is -2.13. The quantitative estimate of drug-likeness (QED) is 0.653. The summed E-state index contributed by atoms with van der Waals surface area (Å²) in [5.41, 5.74) is 3.06. The van der Waals surface area contributed by atoms with Crippen molar-refractivity contribution in [3.63, 3.8) is 0 Å². The second kappa shape index (κ2) is 8.18. The molecule has 0 fully saturated rings. The number of nitrogens with one attached hydrogen (secondary N) is 1. The number of aromatic nitrogens is 1. The van der Waals surface area contributed by atoms with Gasteiger partial charge in [-0.05, 0) is 50.1 Å². The molecule has 1 aromatic heterocycles. The van der Waals surface area contributed by atoms with Crippen molar-refractivity contribution in [3.05, 3.63) is 53.6 Å². The van der Waals surface area contributed by atoms with Crippen LogP contribution in [-0.2, 0) is 14.3 Å². The van der Waals surface area contributed by atoms with Crippen molar-refractivity contribution < 1.29 is 19.1 Å². The zero-order chi connectivity index (χ0) is 19.4. The van der Waals surface area contributed by atoms with Crippen LogP contribution in [0.3, 0.4) is 0 Å². The molecule has 0 saturated carbocycles. The minimum atomic E-state index is -0.812. The summed E-state index contributed by atoms with van der Waals surface area (Å²) in [7, 11) is 0. The first-order valence-corrected chi connectivity index (χ1v) is 9.30. The number of benzene rings is 2. The van der Waals surface area contributed by atoms with E-state index in [4.69, 9.17) is 9.47 Å². The van der Waals surface area contributed by atoms with Gasteiger partial charge in [-0.1, -0.05) is 35.6 Å². The number of nitrogens with zero attached hydrogens (tertiary/aromatic N) is 1. The molecule has 140 valence electrons. The van der Waals surface area contributed by atoms with Gasteiger partial charge in [0, 0.05) is 0 Å². The number of amides is 1. The average molecular weight is 384 g/mol. The van der Waals surface area contributed by atoms with Gasteiger partial charge in [0.2, 0.25) is 0 Å². The maximum absolute atomic E-state index is 12.1. The van der Waals surface area contributed by atoms with Crippen molar-refractivity contribution in [2.75, 3.05) is 11.9 Å². The van der Waals surface area contributed by atoms with E-state index in [1.165, 1.54) is 11.3 Å². The van der Waals surface area contributed by atoms with Gasteiger partial charge < -0.3 is 9.47 Å². The summed E-state index contributed by atoms with van der Waals surface area (Å²) in [5.74, 6) is -0.486. The lowest BCUT2D eigenvalue weighted by atomic mass is 10.1. The van der Waals surface area contributed by atoms with Crippen molar-refractivity contribution in [1.29, 1.82) is 0 Å². The van der Waals surface area contributed by atoms with Gasteiger partial charge in [0.1, 0.15) is 5.75 Å². The van der Waals surface area contributed by atoms with Gasteiger partial charge in [0.15, 0.2) is 17.8 Å². The zero-order valence-corrected chi connectivity index (χ0v) is 16.1. The van der Waals surface area contributed by atoms with Gasteiger partial charge in [-0.15, -0.1) is 0 Å². The predicted molar refractivity (Wildman–Crippen MR) is 105 cm³/mol. The topological polar surface area (TPSA) is 77.5 Å². The molecule has 7 heteroatoms.